The van der Waals surface area contributed by atoms with Crippen molar-refractivity contribution >= 4 is 18.0 Å². The molecule has 213 valence electrons. The molecule has 11 atom stereocenters. The van der Waals surface area contributed by atoms with E-state index in [0.29, 0.717) is 17.6 Å². The number of fused-ring (bicyclic) bond motifs is 3. The zero-order valence-corrected chi connectivity index (χ0v) is 28.9. The van der Waals surface area contributed by atoms with Crippen LogP contribution in [-0.2, 0) is 19.1 Å². The van der Waals surface area contributed by atoms with Crippen LogP contribution in [0.15, 0.2) is 11.1 Å². The summed E-state index contributed by atoms with van der Waals surface area (Å²) in [5.41, 5.74) is -4.66. The van der Waals surface area contributed by atoms with Crippen molar-refractivity contribution in [1.29, 1.82) is 5.41 Å². The molecular weight excluding hydrogens is 705 g/mol. The zero-order valence-electron chi connectivity index (χ0n) is 24.1. The van der Waals surface area contributed by atoms with Gasteiger partial charge in [0.2, 0.25) is 0 Å². The van der Waals surface area contributed by atoms with Crippen molar-refractivity contribution in [2.75, 3.05) is 7.11 Å². The van der Waals surface area contributed by atoms with Crippen molar-refractivity contribution < 1.29 is 83.6 Å². The second-order valence-corrected chi connectivity index (χ2v) is 12.6. The van der Waals surface area contributed by atoms with E-state index in [0.717, 1.165) is 6.21 Å². The number of hydrogen-bond acceptors (Lipinski definition) is 9. The number of aliphatic hydroxyl groups is 4. The molecule has 7 unspecified atom stereocenters. The molecule has 9 nitrogen and oxygen atoms in total. The Morgan fingerprint density at radius 3 is 2.24 bits per heavy atom. The van der Waals surface area contributed by atoms with Crippen molar-refractivity contribution in [1.82, 2.24) is 0 Å². The number of ketones is 1. The molecule has 0 aliphatic heterocycles. The van der Waals surface area contributed by atoms with E-state index in [-0.39, 0.29) is 56.4 Å². The second kappa shape index (κ2) is 11.2. The van der Waals surface area contributed by atoms with Crippen LogP contribution in [0.3, 0.4) is 0 Å². The Morgan fingerprint density at radius 2 is 1.74 bits per heavy atom. The van der Waals surface area contributed by atoms with Crippen LogP contribution >= 0.6 is 0 Å². The summed E-state index contributed by atoms with van der Waals surface area (Å²) in [5.74, 6) is -3.90. The summed E-state index contributed by atoms with van der Waals surface area (Å²) in [6, 6.07) is 0. The average Bonchev–Trinajstić information content (AvgIpc) is 2.82. The molecule has 0 saturated heterocycles. The van der Waals surface area contributed by atoms with Crippen LogP contribution in [0.2, 0.25) is 0 Å². The molecule has 0 aromatic heterocycles. The number of aliphatic hydroxyl groups excluding tert-OH is 2. The van der Waals surface area contributed by atoms with E-state index in [4.69, 9.17) is 14.9 Å². The number of hydrogen-bond donors (Lipinski definition) is 5. The molecule has 1 radical (unpaired) electrons. The summed E-state index contributed by atoms with van der Waals surface area (Å²) >= 11 is 0. The quantitative estimate of drug-likeness (QED) is 0.163. The topological polar surface area (TPSA) is 157 Å². The molecule has 38 heavy (non-hydrogen) atoms. The van der Waals surface area contributed by atoms with Crippen molar-refractivity contribution in [2.24, 2.45) is 34.5 Å². The molecule has 0 amide bonds. The molecule has 2 fully saturated rings. The monoisotopic (exact) mass is 750 g/mol. The summed E-state index contributed by atoms with van der Waals surface area (Å²) in [7, 11) is 1.51. The van der Waals surface area contributed by atoms with Crippen LogP contribution in [0, 0.1) is 84.0 Å². The number of nitrogens with one attached hydrogen (secondary N) is 1. The Labute approximate surface area is 261 Å². The maximum Gasteiger partial charge on any atom is 0.336 e. The number of rotatable bonds is 5. The number of carbonyl (C=O) groups is 2. The van der Waals surface area contributed by atoms with E-state index in [2.05, 4.69) is 0 Å². The van der Waals surface area contributed by atoms with Crippen molar-refractivity contribution in [3.8, 4) is 0 Å². The summed E-state index contributed by atoms with van der Waals surface area (Å²) in [4.78, 5) is 27.0. The van der Waals surface area contributed by atoms with Gasteiger partial charge in [0.05, 0.1) is 17.3 Å². The largest absolute Gasteiger partial charge is 0.456 e. The SMILES string of the molecule is COC1C[C@H](C)[C@@]2(C)C(=O)C(O)C3=C(C)C(OC(=O)C(O)C(C)C=N)CC(O)([C@@H](C)C2[C@@]1(C)O)C3(C)C.[Ac]. The van der Waals surface area contributed by atoms with Gasteiger partial charge < -0.3 is 35.3 Å². The Kier molecular flexibility index (Phi) is 10.0. The Hall–Kier alpha value is -0.208. The van der Waals surface area contributed by atoms with E-state index in [1.807, 2.05) is 6.92 Å². The van der Waals surface area contributed by atoms with E-state index >= 15 is 0 Å². The number of Topliss-reactive ketones (excluding diaryl/α,β-unsaturated/α-hetero) is 1. The van der Waals surface area contributed by atoms with Crippen LogP contribution < -0.4 is 0 Å². The molecule has 2 bridgehead atoms. The Balaban J connectivity index is 0.00000507. The summed E-state index contributed by atoms with van der Waals surface area (Å²) in [6.45, 7) is 13.8. The van der Waals surface area contributed by atoms with E-state index < -0.39 is 76.0 Å². The molecule has 0 aromatic rings. The van der Waals surface area contributed by atoms with E-state index in [9.17, 15) is 30.0 Å². The molecule has 0 heterocycles. The third-order valence-corrected chi connectivity index (χ3v) is 10.5. The standard InChI is InChI=1S/C28H45NO8.Ac/c1-13(12-29)20(30)24(33)37-17-11-28(35)16(4)22-26(7,14(2)10-18(36-9)27(22,8)34)23(32)21(31)19(15(17)3)25(28,5)6;/h12-14,16-18,20-22,29-31,34-35H,10-11H2,1-9H3;/t13?,14-,16-,17?,18?,20?,21?,22?,26+,27-,28?;/m0./s1. The first-order chi connectivity index (χ1) is 16.8. The minimum atomic E-state index is -1.61. The number of esters is 1. The van der Waals surface area contributed by atoms with Gasteiger partial charge in [0, 0.05) is 86.5 Å². The Bertz CT molecular complexity index is 995. The van der Waals surface area contributed by atoms with Crippen molar-refractivity contribution in [2.45, 2.75) is 104 Å². The van der Waals surface area contributed by atoms with Crippen LogP contribution in [0.25, 0.3) is 0 Å². The summed E-state index contributed by atoms with van der Waals surface area (Å²) < 4.78 is 11.3. The molecule has 10 heteroatoms. The van der Waals surface area contributed by atoms with Gasteiger partial charge in [-0.25, -0.2) is 4.79 Å². The van der Waals surface area contributed by atoms with E-state index in [1.54, 1.807) is 41.5 Å². The van der Waals surface area contributed by atoms with Gasteiger partial charge in [-0.05, 0) is 43.3 Å². The average molecular weight is 751 g/mol. The third kappa shape index (κ3) is 4.72. The first kappa shape index (κ1) is 34.0. The van der Waals surface area contributed by atoms with E-state index in [1.165, 1.54) is 14.0 Å². The minimum absolute atomic E-state index is 0. The molecule has 3 aliphatic rings. The molecule has 2 saturated carbocycles. The maximum atomic E-state index is 14.2. The third-order valence-electron chi connectivity index (χ3n) is 10.5. The fourth-order valence-electron chi connectivity index (χ4n) is 7.92. The molecule has 3 aliphatic carbocycles. The predicted molar refractivity (Wildman–Crippen MR) is 137 cm³/mol. The van der Waals surface area contributed by atoms with Crippen LogP contribution in [-0.4, -0.2) is 81.1 Å². The fraction of sp³-hybridized carbons (Fsp3) is 0.821. The first-order valence-corrected chi connectivity index (χ1v) is 13.2. The number of methoxy groups -OCH3 is 1. The number of ether oxygens (including phenoxy) is 2. The van der Waals surface area contributed by atoms with Crippen molar-refractivity contribution in [3.63, 3.8) is 0 Å². The van der Waals surface area contributed by atoms with Gasteiger partial charge in [-0.3, -0.25) is 4.79 Å². The second-order valence-electron chi connectivity index (χ2n) is 12.6. The molecule has 0 aromatic carbocycles. The van der Waals surface area contributed by atoms with Crippen LogP contribution in [0.4, 0.5) is 0 Å². The van der Waals surface area contributed by atoms with Crippen LogP contribution in [0.5, 0.6) is 0 Å². The minimum Gasteiger partial charge on any atom is -0.456 e. The predicted octanol–water partition coefficient (Wildman–Crippen LogP) is 2.03. The molecule has 5 N–H and O–H groups in total. The first-order valence-electron chi connectivity index (χ1n) is 13.2. The number of carbonyl (C=O) groups excluding carboxylic acids is 2. The fourth-order valence-corrected chi connectivity index (χ4v) is 7.92. The molecule has 3 rings (SSSR count). The van der Waals surface area contributed by atoms with Gasteiger partial charge in [0.15, 0.2) is 11.9 Å². The van der Waals surface area contributed by atoms with Gasteiger partial charge in [-0.15, -0.1) is 0 Å². The van der Waals surface area contributed by atoms with Crippen molar-refractivity contribution in [3.05, 3.63) is 11.1 Å². The molecular formula is C28H45AcNO8. The normalized spacial score (nSPS) is 44.1. The Morgan fingerprint density at radius 1 is 1.18 bits per heavy atom. The smallest absolute Gasteiger partial charge is 0.336 e. The summed E-state index contributed by atoms with van der Waals surface area (Å²) in [6.07, 6.45) is -3.47. The van der Waals surface area contributed by atoms with Gasteiger partial charge >= 0.3 is 5.97 Å². The maximum absolute atomic E-state index is 14.2. The summed E-state index contributed by atoms with van der Waals surface area (Å²) in [5, 5.41) is 53.7. The van der Waals surface area contributed by atoms with Crippen LogP contribution in [0.1, 0.15) is 68.2 Å². The van der Waals surface area contributed by atoms with Gasteiger partial charge in [-0.2, -0.15) is 0 Å². The van der Waals surface area contributed by atoms with Gasteiger partial charge in [0.25, 0.3) is 0 Å². The van der Waals surface area contributed by atoms with Gasteiger partial charge in [0.1, 0.15) is 12.2 Å². The zero-order chi connectivity index (χ0) is 28.5. The molecule has 0 spiro atoms. The van der Waals surface area contributed by atoms with Gasteiger partial charge in [-0.1, -0.05) is 41.5 Å².